The number of fused-ring (bicyclic) bond motifs is 1. The second-order valence-corrected chi connectivity index (χ2v) is 7.92. The van der Waals surface area contributed by atoms with Crippen LogP contribution in [0.25, 0.3) is 11.0 Å². The first-order chi connectivity index (χ1) is 13.7. The number of aromatic nitrogens is 2. The molecular formula is C23H28ClN3O. The predicted molar refractivity (Wildman–Crippen MR) is 115 cm³/mol. The third kappa shape index (κ3) is 4.40. The van der Waals surface area contributed by atoms with Crippen molar-refractivity contribution in [3.05, 3.63) is 64.9 Å². The van der Waals surface area contributed by atoms with E-state index in [1.807, 2.05) is 19.1 Å². The number of rotatable bonds is 7. The molecule has 0 aliphatic carbocycles. The Morgan fingerprint density at radius 3 is 2.57 bits per heavy atom. The second kappa shape index (κ2) is 9.08. The Morgan fingerprint density at radius 2 is 1.82 bits per heavy atom. The maximum atomic E-state index is 6.00. The van der Waals surface area contributed by atoms with Crippen molar-refractivity contribution in [3.8, 4) is 0 Å². The molecule has 2 heterocycles. The monoisotopic (exact) mass is 397 g/mol. The molecule has 4 rings (SSSR count). The van der Waals surface area contributed by atoms with Crippen LogP contribution in [0.5, 0.6) is 0 Å². The Bertz CT molecular complexity index is 898. The molecule has 5 heteroatoms. The summed E-state index contributed by atoms with van der Waals surface area (Å²) >= 11 is 6.00. The van der Waals surface area contributed by atoms with Gasteiger partial charge in [0, 0.05) is 30.6 Å². The molecule has 1 aliphatic rings. The lowest BCUT2D eigenvalue weighted by molar-refractivity contribution is 0.138. The minimum absolute atomic E-state index is 0.510. The zero-order chi connectivity index (χ0) is 19.3. The average Bonchev–Trinajstić information content (AvgIpc) is 3.09. The first kappa shape index (κ1) is 19.4. The van der Waals surface area contributed by atoms with Gasteiger partial charge in [0.25, 0.3) is 0 Å². The van der Waals surface area contributed by atoms with Gasteiger partial charge in [0.2, 0.25) is 0 Å². The highest BCUT2D eigenvalue weighted by Crippen LogP contribution is 2.31. The Kier molecular flexibility index (Phi) is 6.30. The fraction of sp³-hybridized carbons (Fsp3) is 0.435. The van der Waals surface area contributed by atoms with E-state index < -0.39 is 0 Å². The molecule has 28 heavy (non-hydrogen) atoms. The van der Waals surface area contributed by atoms with E-state index >= 15 is 0 Å². The highest BCUT2D eigenvalue weighted by molar-refractivity contribution is 6.30. The number of hydrogen-bond donors (Lipinski definition) is 0. The zero-order valence-electron chi connectivity index (χ0n) is 16.5. The lowest BCUT2D eigenvalue weighted by atomic mass is 9.95. The van der Waals surface area contributed by atoms with E-state index in [4.69, 9.17) is 21.3 Å². The fourth-order valence-corrected chi connectivity index (χ4v) is 4.26. The van der Waals surface area contributed by atoms with Crippen molar-refractivity contribution in [1.82, 2.24) is 14.5 Å². The van der Waals surface area contributed by atoms with E-state index in [-0.39, 0.29) is 0 Å². The van der Waals surface area contributed by atoms with Gasteiger partial charge in [-0.2, -0.15) is 0 Å². The number of halogens is 1. The van der Waals surface area contributed by atoms with Gasteiger partial charge in [-0.05, 0) is 62.7 Å². The smallest absolute Gasteiger partial charge is 0.113 e. The summed E-state index contributed by atoms with van der Waals surface area (Å²) in [4.78, 5) is 7.54. The molecule has 4 nitrogen and oxygen atoms in total. The summed E-state index contributed by atoms with van der Waals surface area (Å²) in [6, 6.07) is 16.7. The van der Waals surface area contributed by atoms with Gasteiger partial charge < -0.3 is 9.30 Å². The molecule has 0 N–H and O–H groups in total. The Balaban J connectivity index is 1.45. The van der Waals surface area contributed by atoms with Crippen molar-refractivity contribution in [2.24, 2.45) is 0 Å². The van der Waals surface area contributed by atoms with E-state index in [0.717, 1.165) is 62.8 Å². The molecule has 0 atom stereocenters. The summed E-state index contributed by atoms with van der Waals surface area (Å²) in [5, 5.41) is 0.799. The Morgan fingerprint density at radius 1 is 1.07 bits per heavy atom. The zero-order valence-corrected chi connectivity index (χ0v) is 17.2. The van der Waals surface area contributed by atoms with Crippen LogP contribution in [-0.2, 0) is 17.8 Å². The first-order valence-electron chi connectivity index (χ1n) is 10.2. The molecule has 3 aromatic rings. The normalized spacial score (nSPS) is 16.1. The van der Waals surface area contributed by atoms with Crippen molar-refractivity contribution in [2.75, 3.05) is 26.3 Å². The van der Waals surface area contributed by atoms with Crippen LogP contribution in [0.4, 0.5) is 0 Å². The number of piperidine rings is 1. The standard InChI is InChI=1S/C23H28ClN3O/c1-2-28-16-15-27-22-6-4-3-5-21(22)25-23(27)19-11-13-26(14-12-19)17-18-7-9-20(24)10-8-18/h3-10,19H,2,11-17H2,1H3. The summed E-state index contributed by atoms with van der Waals surface area (Å²) < 4.78 is 8.00. The van der Waals surface area contributed by atoms with Crippen LogP contribution in [-0.4, -0.2) is 40.8 Å². The molecule has 1 fully saturated rings. The van der Waals surface area contributed by atoms with Gasteiger partial charge in [-0.25, -0.2) is 4.98 Å². The van der Waals surface area contributed by atoms with Gasteiger partial charge in [0.1, 0.15) is 5.82 Å². The number of para-hydroxylation sites is 2. The number of nitrogens with zero attached hydrogens (tertiary/aromatic N) is 3. The van der Waals surface area contributed by atoms with Crippen LogP contribution in [0.2, 0.25) is 5.02 Å². The minimum atomic E-state index is 0.510. The number of ether oxygens (including phenoxy) is 1. The maximum Gasteiger partial charge on any atom is 0.113 e. The molecule has 1 aromatic heterocycles. The third-order valence-corrected chi connectivity index (χ3v) is 5.87. The molecule has 0 bridgehead atoms. The van der Waals surface area contributed by atoms with Crippen molar-refractivity contribution < 1.29 is 4.74 Å². The van der Waals surface area contributed by atoms with Gasteiger partial charge in [0.15, 0.2) is 0 Å². The van der Waals surface area contributed by atoms with Gasteiger partial charge >= 0.3 is 0 Å². The van der Waals surface area contributed by atoms with Crippen LogP contribution < -0.4 is 0 Å². The number of hydrogen-bond acceptors (Lipinski definition) is 3. The van der Waals surface area contributed by atoms with Crippen LogP contribution >= 0.6 is 11.6 Å². The quantitative estimate of drug-likeness (QED) is 0.519. The summed E-state index contributed by atoms with van der Waals surface area (Å²) in [6.07, 6.45) is 2.29. The molecule has 1 saturated heterocycles. The molecule has 148 valence electrons. The highest BCUT2D eigenvalue weighted by atomic mass is 35.5. The van der Waals surface area contributed by atoms with E-state index in [1.165, 1.54) is 16.9 Å². The summed E-state index contributed by atoms with van der Waals surface area (Å²) in [5.74, 6) is 1.74. The molecule has 0 spiro atoms. The summed E-state index contributed by atoms with van der Waals surface area (Å²) in [6.45, 7) is 7.59. The molecule has 0 amide bonds. The highest BCUT2D eigenvalue weighted by Gasteiger charge is 2.25. The molecule has 1 aliphatic heterocycles. The fourth-order valence-electron chi connectivity index (χ4n) is 4.14. The minimum Gasteiger partial charge on any atom is -0.380 e. The first-order valence-corrected chi connectivity index (χ1v) is 10.6. The van der Waals surface area contributed by atoms with E-state index in [1.54, 1.807) is 0 Å². The van der Waals surface area contributed by atoms with Crippen molar-refractivity contribution in [3.63, 3.8) is 0 Å². The topological polar surface area (TPSA) is 30.3 Å². The maximum absolute atomic E-state index is 6.00. The average molecular weight is 398 g/mol. The number of imidazole rings is 1. The van der Waals surface area contributed by atoms with Crippen LogP contribution in [0.1, 0.15) is 37.1 Å². The SMILES string of the molecule is CCOCCn1c(C2CCN(Cc3ccc(Cl)cc3)CC2)nc2ccccc21. The van der Waals surface area contributed by atoms with Gasteiger partial charge in [-0.15, -0.1) is 0 Å². The van der Waals surface area contributed by atoms with Crippen LogP contribution in [0.3, 0.4) is 0 Å². The third-order valence-electron chi connectivity index (χ3n) is 5.62. The van der Waals surface area contributed by atoms with Crippen LogP contribution in [0.15, 0.2) is 48.5 Å². The largest absolute Gasteiger partial charge is 0.380 e. The number of likely N-dealkylation sites (tertiary alicyclic amines) is 1. The number of benzene rings is 2. The van der Waals surface area contributed by atoms with Crippen molar-refractivity contribution in [2.45, 2.75) is 38.8 Å². The van der Waals surface area contributed by atoms with Gasteiger partial charge in [-0.3, -0.25) is 4.90 Å². The lowest BCUT2D eigenvalue weighted by Gasteiger charge is -2.32. The summed E-state index contributed by atoms with van der Waals surface area (Å²) in [7, 11) is 0. The molecule has 0 saturated carbocycles. The molecule has 2 aromatic carbocycles. The summed E-state index contributed by atoms with van der Waals surface area (Å²) in [5.41, 5.74) is 3.64. The predicted octanol–water partition coefficient (Wildman–Crippen LogP) is 5.11. The molecule has 0 unspecified atom stereocenters. The molecule has 0 radical (unpaired) electrons. The Labute approximate surface area is 172 Å². The van der Waals surface area contributed by atoms with E-state index in [0.29, 0.717) is 5.92 Å². The molecular weight excluding hydrogens is 370 g/mol. The van der Waals surface area contributed by atoms with Crippen molar-refractivity contribution >= 4 is 22.6 Å². The van der Waals surface area contributed by atoms with Crippen molar-refractivity contribution in [1.29, 1.82) is 0 Å². The van der Waals surface area contributed by atoms with E-state index in [2.05, 4.69) is 45.9 Å². The van der Waals surface area contributed by atoms with Crippen LogP contribution in [0, 0.1) is 0 Å². The van der Waals surface area contributed by atoms with Gasteiger partial charge in [0.05, 0.1) is 17.6 Å². The Hall–Kier alpha value is -1.88. The second-order valence-electron chi connectivity index (χ2n) is 7.48. The lowest BCUT2D eigenvalue weighted by Crippen LogP contribution is -2.33. The van der Waals surface area contributed by atoms with Gasteiger partial charge in [-0.1, -0.05) is 35.9 Å². The van der Waals surface area contributed by atoms with E-state index in [9.17, 15) is 0 Å².